The van der Waals surface area contributed by atoms with E-state index in [1.165, 1.54) is 24.8 Å². The average molecular weight is 249 g/mol. The molecule has 0 aromatic carbocycles. The summed E-state index contributed by atoms with van der Waals surface area (Å²) in [5, 5.41) is 8.06. The van der Waals surface area contributed by atoms with Crippen LogP contribution in [0.25, 0.3) is 0 Å². The van der Waals surface area contributed by atoms with Crippen LogP contribution in [0.4, 0.5) is 0 Å². The highest BCUT2D eigenvalue weighted by molar-refractivity contribution is 5.03. The van der Waals surface area contributed by atoms with Crippen molar-refractivity contribution in [3.05, 3.63) is 18.0 Å². The number of hydrogen-bond acceptors (Lipinski definition) is 2. The van der Waals surface area contributed by atoms with Crippen molar-refractivity contribution < 1.29 is 0 Å². The number of aryl methyl sites for hydroxylation is 1. The predicted molar refractivity (Wildman–Crippen MR) is 75.3 cm³/mol. The lowest BCUT2D eigenvalue weighted by molar-refractivity contribution is 0.225. The van der Waals surface area contributed by atoms with Gasteiger partial charge in [-0.25, -0.2) is 0 Å². The van der Waals surface area contributed by atoms with Crippen molar-refractivity contribution >= 4 is 0 Å². The minimum absolute atomic E-state index is 0.700. The number of nitrogens with zero attached hydrogens (tertiary/aromatic N) is 2. The molecular weight excluding hydrogens is 222 g/mol. The molecular formula is C15H27N3. The van der Waals surface area contributed by atoms with Gasteiger partial charge < -0.3 is 5.32 Å². The molecule has 0 spiro atoms. The molecule has 1 N–H and O–H groups in total. The van der Waals surface area contributed by atoms with Crippen molar-refractivity contribution in [1.82, 2.24) is 15.1 Å². The van der Waals surface area contributed by atoms with Gasteiger partial charge in [-0.05, 0) is 37.5 Å². The molecule has 1 fully saturated rings. The Hall–Kier alpha value is -0.830. The maximum atomic E-state index is 4.37. The summed E-state index contributed by atoms with van der Waals surface area (Å²) < 4.78 is 2.04. The van der Waals surface area contributed by atoms with Crippen molar-refractivity contribution in [2.45, 2.75) is 65.6 Å². The molecule has 3 heteroatoms. The fourth-order valence-electron chi connectivity index (χ4n) is 2.84. The highest BCUT2D eigenvalue weighted by Gasteiger charge is 2.23. The molecule has 1 aromatic rings. The molecule has 18 heavy (non-hydrogen) atoms. The summed E-state index contributed by atoms with van der Waals surface area (Å²) >= 11 is 0. The predicted octanol–water partition coefficient (Wildman–Crippen LogP) is 3.21. The smallest absolute Gasteiger partial charge is 0.0534 e. The van der Waals surface area contributed by atoms with E-state index in [4.69, 9.17) is 0 Å². The molecule has 0 saturated heterocycles. The first-order chi connectivity index (χ1) is 8.69. The van der Waals surface area contributed by atoms with Crippen LogP contribution < -0.4 is 5.32 Å². The summed E-state index contributed by atoms with van der Waals surface area (Å²) in [6.07, 6.45) is 9.34. The number of hydrogen-bond donors (Lipinski definition) is 1. The number of nitrogens with one attached hydrogen (secondary N) is 1. The molecule has 1 heterocycles. The fourth-order valence-corrected chi connectivity index (χ4v) is 2.84. The summed E-state index contributed by atoms with van der Waals surface area (Å²) in [4.78, 5) is 0. The molecule has 0 radical (unpaired) electrons. The lowest BCUT2D eigenvalue weighted by atomic mass is 9.79. The molecule has 1 saturated carbocycles. The van der Waals surface area contributed by atoms with E-state index in [1.54, 1.807) is 0 Å². The normalized spacial score (nSPS) is 28.5. The van der Waals surface area contributed by atoms with Gasteiger partial charge in [-0.1, -0.05) is 20.8 Å². The zero-order valence-electron chi connectivity index (χ0n) is 12.0. The largest absolute Gasteiger partial charge is 0.310 e. The Morgan fingerprint density at radius 3 is 2.89 bits per heavy atom. The molecule has 0 bridgehead atoms. The first kappa shape index (κ1) is 13.6. The van der Waals surface area contributed by atoms with Crippen molar-refractivity contribution in [1.29, 1.82) is 0 Å². The van der Waals surface area contributed by atoms with Crippen LogP contribution in [0.3, 0.4) is 0 Å². The first-order valence-electron chi connectivity index (χ1n) is 7.43. The van der Waals surface area contributed by atoms with E-state index < -0.39 is 0 Å². The van der Waals surface area contributed by atoms with Gasteiger partial charge in [0.1, 0.15) is 0 Å². The Labute approximate surface area is 111 Å². The van der Waals surface area contributed by atoms with E-state index in [-0.39, 0.29) is 0 Å². The minimum Gasteiger partial charge on any atom is -0.310 e. The number of aromatic nitrogens is 2. The highest BCUT2D eigenvalue weighted by atomic mass is 15.3. The van der Waals surface area contributed by atoms with Crippen LogP contribution in [0, 0.1) is 11.8 Å². The second kappa shape index (κ2) is 6.37. The van der Waals surface area contributed by atoms with Gasteiger partial charge in [0.2, 0.25) is 0 Å². The monoisotopic (exact) mass is 249 g/mol. The molecule has 3 atom stereocenters. The molecule has 1 aliphatic rings. The van der Waals surface area contributed by atoms with E-state index >= 15 is 0 Å². The van der Waals surface area contributed by atoms with Crippen molar-refractivity contribution in [3.63, 3.8) is 0 Å². The second-order valence-electron chi connectivity index (χ2n) is 5.96. The van der Waals surface area contributed by atoms with Crippen molar-refractivity contribution in [3.8, 4) is 0 Å². The Bertz CT molecular complexity index is 358. The second-order valence-corrected chi connectivity index (χ2v) is 5.96. The van der Waals surface area contributed by atoms with Crippen LogP contribution >= 0.6 is 0 Å². The van der Waals surface area contributed by atoms with E-state index in [2.05, 4.69) is 37.4 Å². The lowest BCUT2D eigenvalue weighted by Crippen LogP contribution is -2.35. The Morgan fingerprint density at radius 1 is 1.33 bits per heavy atom. The van der Waals surface area contributed by atoms with Gasteiger partial charge >= 0.3 is 0 Å². The standard InChI is InChI=1S/C15H27N3/c1-4-7-18-11-14(10-17-18)9-16-15-6-5-12(2)13(3)8-15/h10-13,15-16H,4-9H2,1-3H3. The molecule has 1 aromatic heterocycles. The van der Waals surface area contributed by atoms with Gasteiger partial charge in [-0.15, -0.1) is 0 Å². The van der Waals surface area contributed by atoms with E-state index in [1.807, 2.05) is 10.9 Å². The van der Waals surface area contributed by atoms with Crippen LogP contribution in [0.5, 0.6) is 0 Å². The molecule has 0 amide bonds. The summed E-state index contributed by atoms with van der Waals surface area (Å²) in [6, 6.07) is 0.700. The Morgan fingerprint density at radius 2 is 2.17 bits per heavy atom. The van der Waals surface area contributed by atoms with Crippen LogP contribution in [-0.4, -0.2) is 15.8 Å². The van der Waals surface area contributed by atoms with Crippen molar-refractivity contribution in [2.24, 2.45) is 11.8 Å². The SMILES string of the molecule is CCCn1cc(CNC2CCC(C)C(C)C2)cn1. The van der Waals surface area contributed by atoms with E-state index in [9.17, 15) is 0 Å². The maximum absolute atomic E-state index is 4.37. The van der Waals surface area contributed by atoms with Gasteiger partial charge in [-0.2, -0.15) is 5.10 Å². The lowest BCUT2D eigenvalue weighted by Gasteiger charge is -2.32. The maximum Gasteiger partial charge on any atom is 0.0534 e. The summed E-state index contributed by atoms with van der Waals surface area (Å²) in [6.45, 7) is 8.95. The molecule has 3 nitrogen and oxygen atoms in total. The molecule has 2 rings (SSSR count). The highest BCUT2D eigenvalue weighted by Crippen LogP contribution is 2.29. The number of rotatable bonds is 5. The molecule has 3 unspecified atom stereocenters. The first-order valence-corrected chi connectivity index (χ1v) is 7.43. The van der Waals surface area contributed by atoms with Crippen molar-refractivity contribution in [2.75, 3.05) is 0 Å². The summed E-state index contributed by atoms with van der Waals surface area (Å²) in [7, 11) is 0. The average Bonchev–Trinajstić information content (AvgIpc) is 2.79. The van der Waals surface area contributed by atoms with Gasteiger partial charge in [0.15, 0.2) is 0 Å². The van der Waals surface area contributed by atoms with E-state index in [0.29, 0.717) is 6.04 Å². The van der Waals surface area contributed by atoms with Gasteiger partial charge in [0, 0.05) is 30.9 Å². The fraction of sp³-hybridized carbons (Fsp3) is 0.800. The van der Waals surface area contributed by atoms with Gasteiger partial charge in [0.25, 0.3) is 0 Å². The Kier molecular flexibility index (Phi) is 4.81. The van der Waals surface area contributed by atoms with E-state index in [0.717, 1.165) is 31.3 Å². The summed E-state index contributed by atoms with van der Waals surface area (Å²) in [5.74, 6) is 1.76. The van der Waals surface area contributed by atoms with Crippen LogP contribution in [0.1, 0.15) is 52.0 Å². The molecule has 102 valence electrons. The third kappa shape index (κ3) is 3.58. The van der Waals surface area contributed by atoms with Crippen LogP contribution in [0.2, 0.25) is 0 Å². The molecule has 0 aliphatic heterocycles. The topological polar surface area (TPSA) is 29.9 Å². The van der Waals surface area contributed by atoms with Gasteiger partial charge in [0.05, 0.1) is 6.20 Å². The van der Waals surface area contributed by atoms with Crippen LogP contribution in [0.15, 0.2) is 12.4 Å². The zero-order chi connectivity index (χ0) is 13.0. The van der Waals surface area contributed by atoms with Gasteiger partial charge in [-0.3, -0.25) is 4.68 Å². The third-order valence-corrected chi connectivity index (χ3v) is 4.33. The molecule has 1 aliphatic carbocycles. The minimum atomic E-state index is 0.700. The quantitative estimate of drug-likeness (QED) is 0.868. The summed E-state index contributed by atoms with van der Waals surface area (Å²) in [5.41, 5.74) is 1.31. The third-order valence-electron chi connectivity index (χ3n) is 4.33. The Balaban J connectivity index is 1.77. The zero-order valence-corrected chi connectivity index (χ0v) is 12.0. The van der Waals surface area contributed by atoms with Crippen LogP contribution in [-0.2, 0) is 13.1 Å².